The Kier molecular flexibility index (Phi) is 5.18. The van der Waals surface area contributed by atoms with Gasteiger partial charge in [-0.25, -0.2) is 0 Å². The average Bonchev–Trinajstić information content (AvgIpc) is 2.97. The minimum absolute atomic E-state index is 0.0171. The Morgan fingerprint density at radius 1 is 0.615 bits per heavy atom. The number of hydrogen-bond donors (Lipinski definition) is 0. The zero-order chi connectivity index (χ0) is 26.7. The van der Waals surface area contributed by atoms with E-state index in [2.05, 4.69) is 134 Å². The van der Waals surface area contributed by atoms with Gasteiger partial charge in [-0.15, -0.1) is 0 Å². The van der Waals surface area contributed by atoms with Gasteiger partial charge in [-0.05, 0) is 75.9 Å². The van der Waals surface area contributed by atoms with Crippen LogP contribution in [-0.2, 0) is 5.41 Å². The van der Waals surface area contributed by atoms with E-state index in [0.29, 0.717) is 5.56 Å². The largest absolute Gasteiger partial charge is 0.311 e. The molecule has 0 fully saturated rings. The fourth-order valence-corrected chi connectivity index (χ4v) is 6.22. The summed E-state index contributed by atoms with van der Waals surface area (Å²) in [6.45, 7) is 6.83. The second kappa shape index (κ2) is 8.65. The molecule has 2 aliphatic heterocycles. The molecular weight excluding hydrogens is 473 g/mol. The first-order valence-electron chi connectivity index (χ1n) is 13.5. The quantitative estimate of drug-likeness (QED) is 0.241. The lowest BCUT2D eigenvalue weighted by atomic mass is 9.33. The molecule has 0 atom stereocenters. The van der Waals surface area contributed by atoms with Crippen molar-refractivity contribution in [2.45, 2.75) is 26.2 Å². The molecule has 5 aromatic rings. The number of benzene rings is 5. The van der Waals surface area contributed by atoms with E-state index in [4.69, 9.17) is 0 Å². The number of fused-ring (bicyclic) bond motifs is 4. The van der Waals surface area contributed by atoms with Gasteiger partial charge in [0.1, 0.15) is 6.07 Å². The monoisotopic (exact) mass is 501 g/mol. The van der Waals surface area contributed by atoms with E-state index in [1.54, 1.807) is 0 Å². The molecule has 0 amide bonds. The molecule has 0 unspecified atom stereocenters. The summed E-state index contributed by atoms with van der Waals surface area (Å²) in [5, 5.41) is 10.3. The van der Waals surface area contributed by atoms with Crippen LogP contribution >= 0.6 is 0 Å². The molecule has 0 radical (unpaired) electrons. The maximum Gasteiger partial charge on any atom is 0.252 e. The van der Waals surface area contributed by atoms with E-state index < -0.39 is 0 Å². The second-order valence-corrected chi connectivity index (χ2v) is 11.4. The van der Waals surface area contributed by atoms with Crippen LogP contribution in [-0.4, -0.2) is 6.71 Å². The van der Waals surface area contributed by atoms with Crippen molar-refractivity contribution in [2.75, 3.05) is 9.80 Å². The van der Waals surface area contributed by atoms with Gasteiger partial charge in [0.15, 0.2) is 0 Å². The molecule has 3 nitrogen and oxygen atoms in total. The van der Waals surface area contributed by atoms with Gasteiger partial charge in [-0.1, -0.05) is 87.5 Å². The van der Waals surface area contributed by atoms with Crippen LogP contribution in [0.4, 0.5) is 34.1 Å². The summed E-state index contributed by atoms with van der Waals surface area (Å²) in [6.07, 6.45) is 0. The molecule has 4 heteroatoms. The van der Waals surface area contributed by atoms with Gasteiger partial charge in [0, 0.05) is 28.4 Å². The van der Waals surface area contributed by atoms with Crippen LogP contribution in [0.2, 0.25) is 0 Å². The standard InChI is InChI=1S/C35H28BN3/c1-35(2,3)25-21-31-33-32(22-25)39(27-16-8-5-9-17-27)34-24(23-37)13-12-19-29(34)36(33)28-18-10-11-20-30(28)38(31)26-14-6-4-7-15-26/h4-22H,1-3H3. The molecule has 186 valence electrons. The molecule has 2 heterocycles. The van der Waals surface area contributed by atoms with Crippen molar-refractivity contribution in [3.8, 4) is 6.07 Å². The Labute approximate surface area is 230 Å². The van der Waals surface area contributed by atoms with Crippen molar-refractivity contribution in [1.82, 2.24) is 0 Å². The highest BCUT2D eigenvalue weighted by Gasteiger charge is 2.44. The van der Waals surface area contributed by atoms with Crippen LogP contribution in [0.3, 0.4) is 0 Å². The van der Waals surface area contributed by atoms with Gasteiger partial charge < -0.3 is 9.80 Å². The molecule has 39 heavy (non-hydrogen) atoms. The zero-order valence-corrected chi connectivity index (χ0v) is 22.4. The lowest BCUT2D eigenvalue weighted by Crippen LogP contribution is -2.61. The number of hydrogen-bond acceptors (Lipinski definition) is 3. The van der Waals surface area contributed by atoms with E-state index in [1.165, 1.54) is 27.9 Å². The summed E-state index contributed by atoms with van der Waals surface area (Å²) < 4.78 is 0. The Hall–Kier alpha value is -4.75. The van der Waals surface area contributed by atoms with Crippen molar-refractivity contribution in [2.24, 2.45) is 0 Å². The summed E-state index contributed by atoms with van der Waals surface area (Å²) in [5.74, 6) is 0. The summed E-state index contributed by atoms with van der Waals surface area (Å²) in [5.41, 5.74) is 12.2. The minimum Gasteiger partial charge on any atom is -0.311 e. The highest BCUT2D eigenvalue weighted by atomic mass is 15.2. The van der Waals surface area contributed by atoms with Gasteiger partial charge in [-0.3, -0.25) is 0 Å². The highest BCUT2D eigenvalue weighted by Crippen LogP contribution is 2.46. The molecule has 0 saturated carbocycles. The van der Waals surface area contributed by atoms with Crippen molar-refractivity contribution in [1.29, 1.82) is 5.26 Å². The topological polar surface area (TPSA) is 30.3 Å². The number of para-hydroxylation sites is 4. The SMILES string of the molecule is CC(C)(C)c1cc2c3c(c1)N(c1ccccc1)c1c(C#N)cccc1B3c1ccccc1N2c1ccccc1. The Balaban J connectivity index is 1.66. The van der Waals surface area contributed by atoms with E-state index in [0.717, 1.165) is 28.2 Å². The second-order valence-electron chi connectivity index (χ2n) is 11.4. The molecule has 2 aliphatic rings. The zero-order valence-electron chi connectivity index (χ0n) is 22.4. The van der Waals surface area contributed by atoms with Crippen LogP contribution in [0, 0.1) is 11.3 Å². The number of nitrogens with zero attached hydrogens (tertiary/aromatic N) is 3. The number of nitriles is 1. The molecule has 5 aromatic carbocycles. The van der Waals surface area contributed by atoms with Crippen LogP contribution in [0.15, 0.2) is 115 Å². The van der Waals surface area contributed by atoms with Crippen molar-refractivity contribution >= 4 is 57.2 Å². The van der Waals surface area contributed by atoms with Crippen LogP contribution < -0.4 is 26.2 Å². The predicted molar refractivity (Wildman–Crippen MR) is 164 cm³/mol. The van der Waals surface area contributed by atoms with Gasteiger partial charge in [0.05, 0.1) is 11.3 Å². The Morgan fingerprint density at radius 2 is 1.18 bits per heavy atom. The van der Waals surface area contributed by atoms with E-state index in [9.17, 15) is 5.26 Å². The van der Waals surface area contributed by atoms with Gasteiger partial charge in [-0.2, -0.15) is 5.26 Å². The molecule has 7 rings (SSSR count). The van der Waals surface area contributed by atoms with Crippen LogP contribution in [0.25, 0.3) is 0 Å². The first-order chi connectivity index (χ1) is 19.0. The van der Waals surface area contributed by atoms with Gasteiger partial charge in [0.2, 0.25) is 0 Å². The summed E-state index contributed by atoms with van der Waals surface area (Å²) in [7, 11) is 0. The fourth-order valence-electron chi connectivity index (χ4n) is 6.22. The van der Waals surface area contributed by atoms with Crippen LogP contribution in [0.5, 0.6) is 0 Å². The normalized spacial score (nSPS) is 13.3. The van der Waals surface area contributed by atoms with E-state index in [1.807, 2.05) is 18.2 Å². The van der Waals surface area contributed by atoms with Gasteiger partial charge >= 0.3 is 0 Å². The Morgan fingerprint density at radius 3 is 1.82 bits per heavy atom. The minimum atomic E-state index is -0.0717. The molecular formula is C35H28BN3. The summed E-state index contributed by atoms with van der Waals surface area (Å²) in [4.78, 5) is 4.73. The molecule has 0 N–H and O–H groups in total. The van der Waals surface area contributed by atoms with Crippen molar-refractivity contribution < 1.29 is 0 Å². The van der Waals surface area contributed by atoms with E-state index >= 15 is 0 Å². The summed E-state index contributed by atoms with van der Waals surface area (Å²) in [6, 6.07) is 43.3. The third-order valence-electron chi connectivity index (χ3n) is 8.01. The van der Waals surface area contributed by atoms with Crippen molar-refractivity contribution in [3.63, 3.8) is 0 Å². The maximum absolute atomic E-state index is 10.3. The van der Waals surface area contributed by atoms with Crippen molar-refractivity contribution in [3.05, 3.63) is 126 Å². The molecule has 0 bridgehead atoms. The van der Waals surface area contributed by atoms with Crippen LogP contribution in [0.1, 0.15) is 31.9 Å². The third-order valence-corrected chi connectivity index (χ3v) is 8.01. The predicted octanol–water partition coefficient (Wildman–Crippen LogP) is 6.94. The highest BCUT2D eigenvalue weighted by molar-refractivity contribution is 7.00. The molecule has 0 spiro atoms. The molecule has 0 aliphatic carbocycles. The first-order valence-corrected chi connectivity index (χ1v) is 13.5. The van der Waals surface area contributed by atoms with Gasteiger partial charge in [0.25, 0.3) is 6.71 Å². The lowest BCUT2D eigenvalue weighted by Gasteiger charge is -2.45. The smallest absolute Gasteiger partial charge is 0.252 e. The first kappa shape index (κ1) is 23.4. The average molecular weight is 501 g/mol. The van der Waals surface area contributed by atoms with E-state index in [-0.39, 0.29) is 12.1 Å². The number of rotatable bonds is 2. The Bertz CT molecular complexity index is 1760. The lowest BCUT2D eigenvalue weighted by molar-refractivity contribution is 0.590. The third kappa shape index (κ3) is 3.51. The fraction of sp³-hybridized carbons (Fsp3) is 0.114. The summed E-state index contributed by atoms with van der Waals surface area (Å²) >= 11 is 0. The molecule has 0 saturated heterocycles. The number of anilines is 6. The molecule has 0 aromatic heterocycles. The maximum atomic E-state index is 10.3.